The van der Waals surface area contributed by atoms with E-state index in [2.05, 4.69) is 19.8 Å². The van der Waals surface area contributed by atoms with Crippen LogP contribution in [0.2, 0.25) is 0 Å². The normalized spacial score (nSPS) is 14.4. The van der Waals surface area contributed by atoms with Crippen molar-refractivity contribution in [2.45, 2.75) is 11.6 Å². The number of nitrogens with zero attached hydrogens (tertiary/aromatic N) is 2. The zero-order chi connectivity index (χ0) is 21.4. The summed E-state index contributed by atoms with van der Waals surface area (Å²) in [4.78, 5) is 3.50. The maximum atomic E-state index is 13.0. The zero-order valence-corrected chi connectivity index (χ0v) is 16.2. The topological polar surface area (TPSA) is 68.0 Å². The van der Waals surface area contributed by atoms with Gasteiger partial charge in [0, 0.05) is 23.2 Å². The average Bonchev–Trinajstić information content (AvgIpc) is 3.12. The third-order valence-electron chi connectivity index (χ3n) is 3.84. The molecule has 0 saturated carbocycles. The van der Waals surface area contributed by atoms with Gasteiger partial charge in [-0.05, 0) is 48.0 Å². The van der Waals surface area contributed by atoms with Crippen LogP contribution in [-0.2, 0) is 16.1 Å². The smallest absolute Gasteiger partial charge is 0.333 e. The van der Waals surface area contributed by atoms with Crippen molar-refractivity contribution < 1.29 is 31.0 Å². The van der Waals surface area contributed by atoms with Crippen LogP contribution >= 0.6 is 18.9 Å². The molecule has 12 heteroatoms. The molecule has 29 heavy (non-hydrogen) atoms. The molecule has 2 aromatic carbocycles. The first kappa shape index (κ1) is 21.3. The number of nitrogens with one attached hydrogen (secondary N) is 1. The number of alkyl halides is 6. The van der Waals surface area contributed by atoms with E-state index < -0.39 is 30.3 Å². The number of rotatable bonds is 5. The Balaban J connectivity index is 1.78. The van der Waals surface area contributed by atoms with E-state index in [0.29, 0.717) is 10.9 Å². The van der Waals surface area contributed by atoms with Crippen molar-refractivity contribution in [3.05, 3.63) is 60.0 Å². The van der Waals surface area contributed by atoms with Crippen LogP contribution in [0, 0.1) is 0 Å². The van der Waals surface area contributed by atoms with Crippen LogP contribution in [0.1, 0.15) is 11.5 Å². The summed E-state index contributed by atoms with van der Waals surface area (Å²) in [5.41, 5.74) is -0.250. The maximum Gasteiger partial charge on any atom is 0.416 e. The van der Waals surface area contributed by atoms with Gasteiger partial charge in [0.1, 0.15) is 0 Å². The summed E-state index contributed by atoms with van der Waals surface area (Å²) in [6.45, 7) is 1.40. The second-order valence-electron chi connectivity index (χ2n) is 6.08. The van der Waals surface area contributed by atoms with Gasteiger partial charge >= 0.3 is 17.4 Å². The Hall–Kier alpha value is -2.45. The van der Waals surface area contributed by atoms with Crippen LogP contribution in [0.25, 0.3) is 11.4 Å². The molecular weight excluding hydrogens is 440 g/mol. The molecule has 0 spiro atoms. The number of anilines is 1. The summed E-state index contributed by atoms with van der Waals surface area (Å²) in [5, 5.41) is 2.69. The lowest BCUT2D eigenvalue weighted by Crippen LogP contribution is -2.11. The van der Waals surface area contributed by atoms with Crippen LogP contribution in [0.3, 0.4) is 0 Å². The first-order chi connectivity index (χ1) is 13.4. The van der Waals surface area contributed by atoms with Crippen molar-refractivity contribution in [1.82, 2.24) is 10.1 Å². The fourth-order valence-electron chi connectivity index (χ4n) is 2.40. The molecule has 1 heterocycles. The molecule has 5 nitrogen and oxygen atoms in total. The standard InChI is InChI=1S/C17H12ClF5N3O2P/c1-29(27,26-12-6-4-11(5-7-12)17(21,22)23)13-8-2-10(3-9-13)14-24-15(28-25-14)16(18,19)20/h2-9H,1H3,(H,26,27). The molecule has 3 rings (SSSR count). The molecule has 1 N–H and O–H groups in total. The van der Waals surface area contributed by atoms with Gasteiger partial charge in [-0.15, -0.1) is 0 Å². The van der Waals surface area contributed by atoms with E-state index in [4.69, 9.17) is 11.6 Å². The lowest BCUT2D eigenvalue weighted by molar-refractivity contribution is -0.137. The van der Waals surface area contributed by atoms with E-state index >= 15 is 0 Å². The summed E-state index contributed by atoms with van der Waals surface area (Å²) in [6, 6.07) is 9.94. The highest BCUT2D eigenvalue weighted by molar-refractivity contribution is 7.72. The Kier molecular flexibility index (Phi) is 5.44. The van der Waals surface area contributed by atoms with Gasteiger partial charge in [0.05, 0.1) is 5.56 Å². The van der Waals surface area contributed by atoms with Crippen molar-refractivity contribution in [2.24, 2.45) is 0 Å². The molecule has 1 aromatic heterocycles. The predicted molar refractivity (Wildman–Crippen MR) is 97.7 cm³/mol. The highest BCUT2D eigenvalue weighted by atomic mass is 35.5. The van der Waals surface area contributed by atoms with Gasteiger partial charge in [0.2, 0.25) is 5.82 Å². The minimum absolute atomic E-state index is 0.131. The summed E-state index contributed by atoms with van der Waals surface area (Å²) in [5.74, 6) is -1.18. The van der Waals surface area contributed by atoms with Crippen LogP contribution in [0.15, 0.2) is 53.1 Å². The van der Waals surface area contributed by atoms with Crippen LogP contribution in [-0.4, -0.2) is 16.8 Å². The van der Waals surface area contributed by atoms with E-state index in [1.54, 1.807) is 0 Å². The number of hydrogen-bond donors (Lipinski definition) is 1. The van der Waals surface area contributed by atoms with Crippen molar-refractivity contribution in [1.29, 1.82) is 0 Å². The molecule has 0 fully saturated rings. The van der Waals surface area contributed by atoms with Crippen LogP contribution < -0.4 is 10.4 Å². The molecule has 0 aliphatic carbocycles. The molecule has 0 bridgehead atoms. The van der Waals surface area contributed by atoms with E-state index in [9.17, 15) is 26.5 Å². The van der Waals surface area contributed by atoms with Gasteiger partial charge in [-0.25, -0.2) is 0 Å². The minimum atomic E-state index is -4.47. The Morgan fingerprint density at radius 1 is 1.00 bits per heavy atom. The fourth-order valence-corrected chi connectivity index (χ4v) is 3.96. The average molecular weight is 452 g/mol. The zero-order valence-electron chi connectivity index (χ0n) is 14.5. The lowest BCUT2D eigenvalue weighted by atomic mass is 10.2. The highest BCUT2D eigenvalue weighted by Crippen LogP contribution is 2.41. The van der Waals surface area contributed by atoms with Crippen molar-refractivity contribution in [3.63, 3.8) is 0 Å². The largest absolute Gasteiger partial charge is 0.416 e. The van der Waals surface area contributed by atoms with Gasteiger partial charge in [-0.2, -0.15) is 26.9 Å². The first-order valence-electron chi connectivity index (χ1n) is 7.91. The Morgan fingerprint density at radius 2 is 1.59 bits per heavy atom. The van der Waals surface area contributed by atoms with E-state index in [1.807, 2.05) is 0 Å². The third-order valence-corrected chi connectivity index (χ3v) is 5.97. The Morgan fingerprint density at radius 3 is 2.07 bits per heavy atom. The Bertz CT molecular complexity index is 1050. The quantitative estimate of drug-likeness (QED) is 0.307. The van der Waals surface area contributed by atoms with Crippen molar-refractivity contribution in [3.8, 4) is 11.4 Å². The minimum Gasteiger partial charge on any atom is -0.333 e. The van der Waals surface area contributed by atoms with Gasteiger partial charge in [-0.3, -0.25) is 4.57 Å². The van der Waals surface area contributed by atoms with Gasteiger partial charge in [0.25, 0.3) is 0 Å². The molecule has 0 amide bonds. The monoisotopic (exact) mass is 451 g/mol. The van der Waals surface area contributed by atoms with E-state index in [1.165, 1.54) is 43.1 Å². The SMILES string of the molecule is CP(=O)(Nc1ccc(C(F)(F)F)cc1)c1ccc(-c2noc(C(F)(F)Cl)n2)cc1. The van der Waals surface area contributed by atoms with Crippen molar-refractivity contribution >= 4 is 29.9 Å². The molecule has 0 radical (unpaired) electrons. The predicted octanol–water partition coefficient (Wildman–Crippen LogP) is 5.69. The summed E-state index contributed by atoms with van der Waals surface area (Å²) < 4.78 is 81.2. The molecule has 3 aromatic rings. The number of hydrogen-bond acceptors (Lipinski definition) is 4. The Labute approximate surface area is 166 Å². The fraction of sp³-hybridized carbons (Fsp3) is 0.176. The van der Waals surface area contributed by atoms with Gasteiger partial charge in [0.15, 0.2) is 7.29 Å². The molecular formula is C17H12ClF5N3O2P. The highest BCUT2D eigenvalue weighted by Gasteiger charge is 2.35. The summed E-state index contributed by atoms with van der Waals surface area (Å²) >= 11 is 4.82. The maximum absolute atomic E-state index is 13.0. The molecule has 1 unspecified atom stereocenters. The first-order valence-corrected chi connectivity index (χ1v) is 10.4. The number of benzene rings is 2. The second kappa shape index (κ2) is 7.42. The molecule has 0 aliphatic heterocycles. The molecule has 154 valence electrons. The lowest BCUT2D eigenvalue weighted by Gasteiger charge is -2.17. The van der Waals surface area contributed by atoms with Gasteiger partial charge in [-0.1, -0.05) is 17.3 Å². The van der Waals surface area contributed by atoms with Crippen LogP contribution in [0.5, 0.6) is 0 Å². The number of halogens is 6. The van der Waals surface area contributed by atoms with Crippen LogP contribution in [0.4, 0.5) is 27.6 Å². The van der Waals surface area contributed by atoms with E-state index in [0.717, 1.165) is 12.1 Å². The van der Waals surface area contributed by atoms with Crippen molar-refractivity contribution in [2.75, 3.05) is 11.8 Å². The van der Waals surface area contributed by atoms with E-state index in [-0.39, 0.29) is 11.5 Å². The second-order valence-corrected chi connectivity index (χ2v) is 9.14. The summed E-state index contributed by atoms with van der Waals surface area (Å²) in [7, 11) is -3.19. The summed E-state index contributed by atoms with van der Waals surface area (Å²) in [6.07, 6.45) is -4.47. The van der Waals surface area contributed by atoms with Gasteiger partial charge < -0.3 is 9.61 Å². The number of aromatic nitrogens is 2. The molecule has 0 saturated heterocycles. The third kappa shape index (κ3) is 4.94. The molecule has 0 aliphatic rings. The molecule has 1 atom stereocenters.